The van der Waals surface area contributed by atoms with Crippen molar-refractivity contribution in [2.45, 2.75) is 13.0 Å². The van der Waals surface area contributed by atoms with Gasteiger partial charge in [0.25, 0.3) is 0 Å². The molecule has 0 saturated heterocycles. The molecule has 0 aliphatic rings. The molecule has 2 N–H and O–H groups in total. The Bertz CT molecular complexity index is 504. The number of aromatic amines is 1. The van der Waals surface area contributed by atoms with Gasteiger partial charge in [-0.15, -0.1) is 0 Å². The van der Waals surface area contributed by atoms with Crippen LogP contribution in [0.2, 0.25) is 0 Å². The van der Waals surface area contributed by atoms with Crippen LogP contribution in [0, 0.1) is 0 Å². The van der Waals surface area contributed by atoms with Gasteiger partial charge in [-0.05, 0) is 24.6 Å². The van der Waals surface area contributed by atoms with Crippen molar-refractivity contribution in [3.05, 3.63) is 41.2 Å². The van der Waals surface area contributed by atoms with Crippen LogP contribution in [-0.2, 0) is 0 Å². The highest BCUT2D eigenvalue weighted by Gasteiger charge is 2.10. The molecule has 2 heterocycles. The van der Waals surface area contributed by atoms with Crippen LogP contribution in [0.4, 0.5) is 0 Å². The first-order valence-corrected chi connectivity index (χ1v) is 5.96. The molecule has 4 heteroatoms. The molecule has 0 spiro atoms. The van der Waals surface area contributed by atoms with Crippen molar-refractivity contribution in [1.29, 1.82) is 0 Å². The average Bonchev–Trinajstić information content (AvgIpc) is 2.69. The van der Waals surface area contributed by atoms with Crippen LogP contribution >= 0.6 is 15.9 Å². The number of nitrogens with zero attached hydrogens (tertiary/aromatic N) is 1. The van der Waals surface area contributed by atoms with E-state index < -0.39 is 0 Å². The molecule has 0 aliphatic carbocycles. The summed E-state index contributed by atoms with van der Waals surface area (Å²) in [4.78, 5) is 7.44. The largest absolute Gasteiger partial charge is 0.346 e. The van der Waals surface area contributed by atoms with Crippen LogP contribution in [-0.4, -0.2) is 16.5 Å². The van der Waals surface area contributed by atoms with Crippen LogP contribution in [0.15, 0.2) is 35.6 Å². The highest BCUT2D eigenvalue weighted by atomic mass is 79.9. The third kappa shape index (κ3) is 2.33. The predicted octanol–water partition coefficient (Wildman–Crippen LogP) is 3.12. The summed E-state index contributed by atoms with van der Waals surface area (Å²) in [5, 5.41) is 4.55. The van der Waals surface area contributed by atoms with Gasteiger partial charge in [0, 0.05) is 34.8 Å². The van der Waals surface area contributed by atoms with Gasteiger partial charge in [0.2, 0.25) is 0 Å². The molecule has 0 amide bonds. The molecule has 0 saturated carbocycles. The molecule has 0 aliphatic heterocycles. The van der Waals surface area contributed by atoms with Crippen LogP contribution in [0.25, 0.3) is 11.0 Å². The van der Waals surface area contributed by atoms with Crippen molar-refractivity contribution in [2.24, 2.45) is 0 Å². The van der Waals surface area contributed by atoms with Crippen molar-refractivity contribution in [3.63, 3.8) is 0 Å². The monoisotopic (exact) mass is 279 g/mol. The summed E-state index contributed by atoms with van der Waals surface area (Å²) >= 11 is 3.34. The number of fused-ring (bicyclic) bond motifs is 1. The van der Waals surface area contributed by atoms with Crippen LogP contribution in [0.1, 0.15) is 18.5 Å². The van der Waals surface area contributed by atoms with Gasteiger partial charge in [0.15, 0.2) is 0 Å². The van der Waals surface area contributed by atoms with Crippen LogP contribution in [0.3, 0.4) is 0 Å². The Hall–Kier alpha value is -1.13. The molecular formula is C12H14BrN3. The average molecular weight is 280 g/mol. The second-order valence-electron chi connectivity index (χ2n) is 3.76. The topological polar surface area (TPSA) is 40.7 Å². The van der Waals surface area contributed by atoms with E-state index in [4.69, 9.17) is 0 Å². The summed E-state index contributed by atoms with van der Waals surface area (Å²) in [7, 11) is 0. The van der Waals surface area contributed by atoms with Gasteiger partial charge in [0.1, 0.15) is 5.65 Å². The minimum atomic E-state index is 0.271. The van der Waals surface area contributed by atoms with Crippen molar-refractivity contribution in [1.82, 2.24) is 15.3 Å². The molecule has 2 aromatic heterocycles. The summed E-state index contributed by atoms with van der Waals surface area (Å²) in [6.45, 7) is 6.69. The normalized spacial score (nSPS) is 12.9. The van der Waals surface area contributed by atoms with Crippen molar-refractivity contribution in [3.8, 4) is 0 Å². The summed E-state index contributed by atoms with van der Waals surface area (Å²) < 4.78 is 0.956. The molecule has 84 valence electrons. The van der Waals surface area contributed by atoms with E-state index in [0.717, 1.165) is 16.7 Å². The zero-order valence-electron chi connectivity index (χ0n) is 9.13. The van der Waals surface area contributed by atoms with E-state index in [1.165, 1.54) is 10.9 Å². The molecule has 0 bridgehead atoms. The molecule has 1 unspecified atom stereocenters. The minimum Gasteiger partial charge on any atom is -0.346 e. The number of nitrogens with one attached hydrogen (secondary N) is 2. The van der Waals surface area contributed by atoms with E-state index in [-0.39, 0.29) is 6.04 Å². The standard InChI is InChI=1S/C12H14BrN3/c1-8(13)6-15-9(2)11-7-16-12-10(11)4-3-5-14-12/h3-5,7,9,15H,1,6H2,2H3,(H,14,16). The number of aromatic nitrogens is 2. The van der Waals surface area contributed by atoms with E-state index in [0.29, 0.717) is 0 Å². The van der Waals surface area contributed by atoms with Crippen molar-refractivity contribution < 1.29 is 0 Å². The predicted molar refractivity (Wildman–Crippen MR) is 70.6 cm³/mol. The number of hydrogen-bond acceptors (Lipinski definition) is 2. The number of hydrogen-bond donors (Lipinski definition) is 2. The lowest BCUT2D eigenvalue weighted by molar-refractivity contribution is 0.620. The number of pyridine rings is 1. The Balaban J connectivity index is 2.22. The first-order chi connectivity index (χ1) is 7.68. The Labute approximate surface area is 103 Å². The molecule has 2 aromatic rings. The fraction of sp³-hybridized carbons (Fsp3) is 0.250. The highest BCUT2D eigenvalue weighted by molar-refractivity contribution is 9.11. The Morgan fingerprint density at radius 1 is 1.69 bits per heavy atom. The zero-order valence-corrected chi connectivity index (χ0v) is 10.7. The van der Waals surface area contributed by atoms with Gasteiger partial charge in [0.05, 0.1) is 0 Å². The maximum atomic E-state index is 4.27. The van der Waals surface area contributed by atoms with Crippen molar-refractivity contribution in [2.75, 3.05) is 6.54 Å². The Kier molecular flexibility index (Phi) is 3.41. The third-order valence-electron chi connectivity index (χ3n) is 2.55. The van der Waals surface area contributed by atoms with E-state index in [2.05, 4.69) is 50.8 Å². The van der Waals surface area contributed by atoms with Gasteiger partial charge < -0.3 is 10.3 Å². The summed E-state index contributed by atoms with van der Waals surface area (Å²) in [6.07, 6.45) is 3.80. The first-order valence-electron chi connectivity index (χ1n) is 5.17. The fourth-order valence-electron chi connectivity index (χ4n) is 1.71. The van der Waals surface area contributed by atoms with E-state index >= 15 is 0 Å². The SMILES string of the molecule is C=C(Br)CNC(C)c1c[nH]c2ncccc12. The lowest BCUT2D eigenvalue weighted by atomic mass is 10.1. The van der Waals surface area contributed by atoms with Crippen LogP contribution < -0.4 is 5.32 Å². The van der Waals surface area contributed by atoms with Crippen LogP contribution in [0.5, 0.6) is 0 Å². The Morgan fingerprint density at radius 2 is 2.50 bits per heavy atom. The third-order valence-corrected chi connectivity index (χ3v) is 2.83. The second-order valence-corrected chi connectivity index (χ2v) is 4.88. The molecule has 1 atom stereocenters. The molecular weight excluding hydrogens is 266 g/mol. The van der Waals surface area contributed by atoms with Gasteiger partial charge in [-0.1, -0.05) is 22.5 Å². The van der Waals surface area contributed by atoms with E-state index in [1.807, 2.05) is 12.3 Å². The lowest BCUT2D eigenvalue weighted by Gasteiger charge is -2.12. The minimum absolute atomic E-state index is 0.271. The summed E-state index contributed by atoms with van der Waals surface area (Å²) in [5.74, 6) is 0. The van der Waals surface area contributed by atoms with Gasteiger partial charge in [-0.3, -0.25) is 0 Å². The highest BCUT2D eigenvalue weighted by Crippen LogP contribution is 2.22. The van der Waals surface area contributed by atoms with E-state index in [1.54, 1.807) is 6.20 Å². The molecule has 16 heavy (non-hydrogen) atoms. The van der Waals surface area contributed by atoms with Crippen molar-refractivity contribution >= 4 is 27.0 Å². The quantitative estimate of drug-likeness (QED) is 0.903. The Morgan fingerprint density at radius 3 is 3.25 bits per heavy atom. The smallest absolute Gasteiger partial charge is 0.137 e. The molecule has 0 radical (unpaired) electrons. The number of halogens is 1. The maximum Gasteiger partial charge on any atom is 0.137 e. The number of rotatable bonds is 4. The molecule has 0 fully saturated rings. The fourth-order valence-corrected chi connectivity index (χ4v) is 1.87. The second kappa shape index (κ2) is 4.80. The molecule has 2 rings (SSSR count). The first kappa shape index (κ1) is 11.4. The summed E-state index contributed by atoms with van der Waals surface area (Å²) in [5.41, 5.74) is 2.17. The maximum absolute atomic E-state index is 4.27. The zero-order chi connectivity index (χ0) is 11.5. The van der Waals surface area contributed by atoms with Gasteiger partial charge in [-0.2, -0.15) is 0 Å². The molecule has 0 aromatic carbocycles. The van der Waals surface area contributed by atoms with E-state index in [9.17, 15) is 0 Å². The lowest BCUT2D eigenvalue weighted by Crippen LogP contribution is -2.19. The molecule has 3 nitrogen and oxygen atoms in total. The van der Waals surface area contributed by atoms with Gasteiger partial charge in [-0.25, -0.2) is 4.98 Å². The number of H-pyrrole nitrogens is 1. The summed E-state index contributed by atoms with van der Waals surface area (Å²) in [6, 6.07) is 4.30. The van der Waals surface area contributed by atoms with Gasteiger partial charge >= 0.3 is 0 Å².